The van der Waals surface area contributed by atoms with Gasteiger partial charge in [0.25, 0.3) is 11.8 Å². The number of fused-ring (bicyclic) bond motifs is 1. The molecule has 3 amide bonds. The smallest absolute Gasteiger partial charge is 0.262 e. The third kappa shape index (κ3) is 5.51. The molecule has 0 saturated carbocycles. The summed E-state index contributed by atoms with van der Waals surface area (Å²) in [4.78, 5) is 48.2. The third-order valence-corrected chi connectivity index (χ3v) is 7.21. The highest BCUT2D eigenvalue weighted by Gasteiger charge is 2.33. The van der Waals surface area contributed by atoms with E-state index in [2.05, 4.69) is 25.5 Å². The third-order valence-electron chi connectivity index (χ3n) is 6.00. The normalized spacial score (nSPS) is 17.8. The highest BCUT2D eigenvalue weighted by molar-refractivity contribution is 8.15. The Balaban J connectivity index is 1.14. The number of benzene rings is 2. The predicted molar refractivity (Wildman–Crippen MR) is 139 cm³/mol. The van der Waals surface area contributed by atoms with Crippen LogP contribution in [0.2, 0.25) is 0 Å². The van der Waals surface area contributed by atoms with Crippen molar-refractivity contribution < 1.29 is 14.4 Å². The van der Waals surface area contributed by atoms with Crippen molar-refractivity contribution in [1.82, 2.24) is 9.88 Å². The van der Waals surface area contributed by atoms with Crippen LogP contribution >= 0.6 is 11.8 Å². The van der Waals surface area contributed by atoms with Gasteiger partial charge in [0.1, 0.15) is 11.1 Å². The van der Waals surface area contributed by atoms with Gasteiger partial charge in [-0.05, 0) is 61.7 Å². The fraction of sp³-hybridized carbons (Fsp3) is 0.269. The Morgan fingerprint density at radius 2 is 1.71 bits per heavy atom. The number of pyridine rings is 1. The number of carbonyl (C=O) groups is 3. The van der Waals surface area contributed by atoms with Crippen LogP contribution in [0, 0.1) is 0 Å². The van der Waals surface area contributed by atoms with Crippen LogP contribution in [-0.2, 0) is 9.59 Å². The minimum Gasteiger partial charge on any atom is -0.351 e. The number of nitrogens with zero attached hydrogens (tertiary/aromatic N) is 3. The monoisotopic (exact) mass is 487 g/mol. The second-order valence-corrected chi connectivity index (χ2v) is 9.73. The molecule has 8 nitrogen and oxygen atoms in total. The highest BCUT2D eigenvalue weighted by Crippen LogP contribution is 2.29. The van der Waals surface area contributed by atoms with Gasteiger partial charge in [0.15, 0.2) is 5.17 Å². The van der Waals surface area contributed by atoms with Crippen LogP contribution in [-0.4, -0.2) is 51.1 Å². The average molecular weight is 488 g/mol. The number of piperidine rings is 1. The van der Waals surface area contributed by atoms with Crippen molar-refractivity contribution in [3.05, 3.63) is 66.2 Å². The van der Waals surface area contributed by atoms with Crippen molar-refractivity contribution in [2.45, 2.75) is 30.9 Å². The van der Waals surface area contributed by atoms with E-state index in [9.17, 15) is 14.4 Å². The molecule has 2 aliphatic rings. The lowest BCUT2D eigenvalue weighted by atomic mass is 10.1. The number of carbonyl (C=O) groups excluding carboxylic acids is 3. The molecule has 35 heavy (non-hydrogen) atoms. The first kappa shape index (κ1) is 23.0. The number of rotatable bonds is 5. The summed E-state index contributed by atoms with van der Waals surface area (Å²) in [7, 11) is 0. The van der Waals surface area contributed by atoms with E-state index >= 15 is 0 Å². The summed E-state index contributed by atoms with van der Waals surface area (Å²) < 4.78 is 0. The molecule has 3 heterocycles. The van der Waals surface area contributed by atoms with Gasteiger partial charge in [0.05, 0.1) is 5.52 Å². The zero-order chi connectivity index (χ0) is 24.2. The quantitative estimate of drug-likeness (QED) is 0.556. The Kier molecular flexibility index (Phi) is 6.76. The number of thioether (sulfide) groups is 1. The van der Waals surface area contributed by atoms with Gasteiger partial charge >= 0.3 is 0 Å². The van der Waals surface area contributed by atoms with E-state index in [-0.39, 0.29) is 24.1 Å². The van der Waals surface area contributed by atoms with Gasteiger partial charge in [-0.1, -0.05) is 30.0 Å². The Labute approximate surface area is 207 Å². The van der Waals surface area contributed by atoms with Crippen LogP contribution in [0.5, 0.6) is 0 Å². The van der Waals surface area contributed by atoms with E-state index in [0.717, 1.165) is 42.0 Å². The first-order valence-corrected chi connectivity index (χ1v) is 12.5. The Morgan fingerprint density at radius 3 is 2.51 bits per heavy atom. The first-order valence-electron chi connectivity index (χ1n) is 11.7. The largest absolute Gasteiger partial charge is 0.351 e. The van der Waals surface area contributed by atoms with E-state index in [1.165, 1.54) is 18.2 Å². The standard InChI is InChI=1S/C26H25N5O3S/c32-23(16-21-25(34)30-26(35-21)31-14-4-1-5-15-31)27-19-11-8-18(9-12-19)24(33)29-22-13-10-17-6-2-3-7-20(17)28-22/h2-3,6-13,21H,1,4-5,14-16H2,(H,27,32)(H,28,29,33). The summed E-state index contributed by atoms with van der Waals surface area (Å²) in [5.74, 6) is -0.333. The predicted octanol–water partition coefficient (Wildman–Crippen LogP) is 4.30. The van der Waals surface area contributed by atoms with E-state index in [1.807, 2.05) is 30.3 Å². The SMILES string of the molecule is O=C(CC1SC(N2CCCCC2)=NC1=O)Nc1ccc(C(=O)Nc2ccc3ccccc3n2)cc1. The van der Waals surface area contributed by atoms with Gasteiger partial charge < -0.3 is 15.5 Å². The first-order chi connectivity index (χ1) is 17.0. The lowest BCUT2D eigenvalue weighted by Crippen LogP contribution is -2.33. The molecule has 2 N–H and O–H groups in total. The maximum absolute atomic E-state index is 12.6. The molecule has 0 radical (unpaired) electrons. The van der Waals surface area contributed by atoms with Crippen LogP contribution in [0.1, 0.15) is 36.0 Å². The van der Waals surface area contributed by atoms with Gasteiger partial charge in [-0.2, -0.15) is 4.99 Å². The molecule has 0 aliphatic carbocycles. The van der Waals surface area contributed by atoms with E-state index < -0.39 is 5.25 Å². The molecule has 1 saturated heterocycles. The van der Waals surface area contributed by atoms with Crippen molar-refractivity contribution >= 4 is 57.1 Å². The van der Waals surface area contributed by atoms with Crippen LogP contribution in [0.25, 0.3) is 10.9 Å². The van der Waals surface area contributed by atoms with E-state index in [1.54, 1.807) is 30.3 Å². The lowest BCUT2D eigenvalue weighted by Gasteiger charge is -2.27. The molecule has 5 rings (SSSR count). The van der Waals surface area contributed by atoms with Gasteiger partial charge in [-0.3, -0.25) is 14.4 Å². The second-order valence-electron chi connectivity index (χ2n) is 8.56. The van der Waals surface area contributed by atoms with Gasteiger partial charge in [-0.25, -0.2) is 4.98 Å². The van der Waals surface area contributed by atoms with Crippen LogP contribution in [0.4, 0.5) is 11.5 Å². The van der Waals surface area contributed by atoms with E-state index in [4.69, 9.17) is 0 Å². The zero-order valence-corrected chi connectivity index (χ0v) is 19.9. The number of nitrogens with one attached hydrogen (secondary N) is 2. The molecule has 2 aromatic carbocycles. The Bertz CT molecular complexity index is 1300. The minimum absolute atomic E-state index is 0.0558. The summed E-state index contributed by atoms with van der Waals surface area (Å²) in [6, 6.07) is 18.0. The van der Waals surface area contributed by atoms with Crippen LogP contribution < -0.4 is 10.6 Å². The fourth-order valence-electron chi connectivity index (χ4n) is 4.14. The van der Waals surface area contributed by atoms with Crippen molar-refractivity contribution in [1.29, 1.82) is 0 Å². The van der Waals surface area contributed by atoms with Gasteiger partial charge in [-0.15, -0.1) is 0 Å². The minimum atomic E-state index is -0.494. The number of amidine groups is 1. The average Bonchev–Trinajstić information content (AvgIpc) is 3.24. The highest BCUT2D eigenvalue weighted by atomic mass is 32.2. The molecule has 0 bridgehead atoms. The maximum Gasteiger partial charge on any atom is 0.262 e. The molecule has 1 fully saturated rings. The summed E-state index contributed by atoms with van der Waals surface area (Å²) >= 11 is 1.38. The molecule has 1 aromatic heterocycles. The zero-order valence-electron chi connectivity index (χ0n) is 19.1. The lowest BCUT2D eigenvalue weighted by molar-refractivity contribution is -0.121. The second kappa shape index (κ2) is 10.3. The van der Waals surface area contributed by atoms with Crippen LogP contribution in [0.3, 0.4) is 0 Å². The molecule has 2 aliphatic heterocycles. The van der Waals surface area contributed by atoms with Gasteiger partial charge in [0.2, 0.25) is 5.91 Å². The topological polar surface area (TPSA) is 104 Å². The number of amides is 3. The summed E-state index contributed by atoms with van der Waals surface area (Å²) in [5.41, 5.74) is 1.80. The Morgan fingerprint density at radius 1 is 0.943 bits per heavy atom. The molecule has 1 unspecified atom stereocenters. The van der Waals surface area contributed by atoms with Crippen molar-refractivity contribution in [3.8, 4) is 0 Å². The summed E-state index contributed by atoms with van der Waals surface area (Å²) in [6.07, 6.45) is 3.46. The van der Waals surface area contributed by atoms with E-state index in [0.29, 0.717) is 17.1 Å². The fourth-order valence-corrected chi connectivity index (χ4v) is 5.26. The molecule has 1 atom stereocenters. The summed E-state index contributed by atoms with van der Waals surface area (Å²) in [5, 5.41) is 6.85. The molecule has 9 heteroatoms. The molecule has 0 spiro atoms. The van der Waals surface area contributed by atoms with Crippen molar-refractivity contribution in [3.63, 3.8) is 0 Å². The molecular weight excluding hydrogens is 462 g/mol. The number of likely N-dealkylation sites (tertiary alicyclic amines) is 1. The number of aliphatic imine (C=N–C) groups is 1. The molecular formula is C26H25N5O3S. The van der Waals surface area contributed by atoms with Gasteiger partial charge in [0, 0.05) is 36.1 Å². The van der Waals surface area contributed by atoms with Crippen LogP contribution in [0.15, 0.2) is 65.7 Å². The Hall–Kier alpha value is -3.72. The number of hydrogen-bond donors (Lipinski definition) is 2. The van der Waals surface area contributed by atoms with Crippen molar-refractivity contribution in [2.75, 3.05) is 23.7 Å². The maximum atomic E-state index is 12.6. The number of para-hydroxylation sites is 1. The number of hydrogen-bond acceptors (Lipinski definition) is 6. The van der Waals surface area contributed by atoms with Crippen molar-refractivity contribution in [2.24, 2.45) is 4.99 Å². The number of anilines is 2. The molecule has 178 valence electrons. The summed E-state index contributed by atoms with van der Waals surface area (Å²) in [6.45, 7) is 1.82. The number of aromatic nitrogens is 1. The molecule has 3 aromatic rings.